The van der Waals surface area contributed by atoms with Crippen LogP contribution in [0, 0.1) is 0 Å². The van der Waals surface area contributed by atoms with Crippen molar-refractivity contribution in [3.8, 4) is 0 Å². The number of thiol groups is 1. The number of benzene rings is 2. The lowest BCUT2D eigenvalue weighted by molar-refractivity contribution is 0.103. The molecule has 1 aliphatic heterocycles. The molecule has 0 aliphatic carbocycles. The average Bonchev–Trinajstić information content (AvgIpc) is 3.35. The Kier molecular flexibility index (Phi) is 10.9. The van der Waals surface area contributed by atoms with Crippen LogP contribution >= 0.6 is 24.4 Å². The fraction of sp³-hybridized carbons (Fsp3) is 0.519. The van der Waals surface area contributed by atoms with Crippen LogP contribution in [-0.4, -0.2) is 30.4 Å². The second kappa shape index (κ2) is 13.9. The van der Waals surface area contributed by atoms with E-state index in [-0.39, 0.29) is 5.78 Å². The van der Waals surface area contributed by atoms with Crippen molar-refractivity contribution in [1.29, 1.82) is 0 Å². The Morgan fingerprint density at radius 2 is 1.26 bits per heavy atom. The van der Waals surface area contributed by atoms with Crippen LogP contribution in [0.2, 0.25) is 0 Å². The maximum absolute atomic E-state index is 12.8. The van der Waals surface area contributed by atoms with Gasteiger partial charge in [-0.3, -0.25) is 4.79 Å². The topological polar surface area (TPSA) is 20.3 Å². The van der Waals surface area contributed by atoms with Crippen LogP contribution in [0.25, 0.3) is 0 Å². The van der Waals surface area contributed by atoms with Gasteiger partial charge in [0.2, 0.25) is 0 Å². The summed E-state index contributed by atoms with van der Waals surface area (Å²) in [6.45, 7) is 2.26. The molecule has 0 aromatic heterocycles. The zero-order chi connectivity index (χ0) is 21.7. The van der Waals surface area contributed by atoms with Gasteiger partial charge in [0, 0.05) is 34.8 Å². The van der Waals surface area contributed by atoms with E-state index in [9.17, 15) is 4.79 Å². The quantitative estimate of drug-likeness (QED) is 0.137. The summed E-state index contributed by atoms with van der Waals surface area (Å²) in [5, 5.41) is 0. The van der Waals surface area contributed by atoms with E-state index in [1.165, 1.54) is 74.8 Å². The van der Waals surface area contributed by atoms with Crippen molar-refractivity contribution < 1.29 is 4.79 Å². The summed E-state index contributed by atoms with van der Waals surface area (Å²) in [6.07, 6.45) is 13.2. The van der Waals surface area contributed by atoms with Crippen molar-refractivity contribution in [3.63, 3.8) is 0 Å². The van der Waals surface area contributed by atoms with E-state index in [0.29, 0.717) is 0 Å². The number of hydrogen-bond donors (Lipinski definition) is 1. The average molecular weight is 456 g/mol. The van der Waals surface area contributed by atoms with Gasteiger partial charge in [-0.1, -0.05) is 38.5 Å². The molecule has 0 amide bonds. The third-order valence-electron chi connectivity index (χ3n) is 6.04. The van der Waals surface area contributed by atoms with E-state index in [2.05, 4.69) is 41.8 Å². The number of carbonyl (C=O) groups excluding carboxylic acids is 1. The van der Waals surface area contributed by atoms with Crippen molar-refractivity contribution in [2.24, 2.45) is 0 Å². The highest BCUT2D eigenvalue weighted by Gasteiger charge is 2.14. The Labute approximate surface area is 198 Å². The monoisotopic (exact) mass is 455 g/mol. The number of thioether (sulfide) groups is 1. The standard InChI is InChI=1S/C27H37NOS2/c29-27(23-11-15-25(16-12-23)28-19-7-8-20-28)24-13-17-26(18-14-24)31-22-10-6-4-2-1-3-5-9-21-30/h11-18,30H,1-10,19-22H2. The first-order valence-corrected chi connectivity index (χ1v) is 13.6. The van der Waals surface area contributed by atoms with Crippen molar-refractivity contribution in [2.45, 2.75) is 69.1 Å². The predicted octanol–water partition coefficient (Wildman–Crippen LogP) is 7.66. The Morgan fingerprint density at radius 1 is 0.742 bits per heavy atom. The highest BCUT2D eigenvalue weighted by molar-refractivity contribution is 7.99. The molecule has 0 saturated carbocycles. The van der Waals surface area contributed by atoms with Crippen molar-refractivity contribution in [1.82, 2.24) is 0 Å². The number of rotatable bonds is 14. The molecule has 3 rings (SSSR count). The smallest absolute Gasteiger partial charge is 0.193 e. The summed E-state index contributed by atoms with van der Waals surface area (Å²) >= 11 is 6.16. The lowest BCUT2D eigenvalue weighted by Gasteiger charge is -2.17. The molecule has 0 atom stereocenters. The first-order chi connectivity index (χ1) is 15.3. The summed E-state index contributed by atoms with van der Waals surface area (Å²) in [5.74, 6) is 2.29. The lowest BCUT2D eigenvalue weighted by Crippen LogP contribution is -2.17. The highest BCUT2D eigenvalue weighted by atomic mass is 32.2. The fourth-order valence-electron chi connectivity index (χ4n) is 4.13. The Balaban J connectivity index is 1.35. The van der Waals surface area contributed by atoms with Gasteiger partial charge in [0.25, 0.3) is 0 Å². The van der Waals surface area contributed by atoms with Crippen LogP contribution in [0.15, 0.2) is 53.4 Å². The van der Waals surface area contributed by atoms with Crippen LogP contribution in [0.3, 0.4) is 0 Å². The second-order valence-electron chi connectivity index (χ2n) is 8.50. The van der Waals surface area contributed by atoms with Crippen LogP contribution in [-0.2, 0) is 0 Å². The molecule has 0 spiro atoms. The molecule has 2 nitrogen and oxygen atoms in total. The van der Waals surface area contributed by atoms with Gasteiger partial charge >= 0.3 is 0 Å². The van der Waals surface area contributed by atoms with E-state index in [1.807, 2.05) is 36.0 Å². The minimum atomic E-state index is 0.110. The summed E-state index contributed by atoms with van der Waals surface area (Å²) in [5.41, 5.74) is 2.78. The first-order valence-electron chi connectivity index (χ1n) is 12.0. The molecule has 1 fully saturated rings. The van der Waals surface area contributed by atoms with Gasteiger partial charge in [-0.25, -0.2) is 0 Å². The van der Waals surface area contributed by atoms with Gasteiger partial charge in [-0.15, -0.1) is 11.8 Å². The third-order valence-corrected chi connectivity index (χ3v) is 7.45. The fourth-order valence-corrected chi connectivity index (χ4v) is 5.27. The molecule has 1 heterocycles. The molecule has 0 unspecified atom stereocenters. The van der Waals surface area contributed by atoms with E-state index in [0.717, 1.165) is 35.7 Å². The molecule has 2 aromatic carbocycles. The van der Waals surface area contributed by atoms with E-state index in [4.69, 9.17) is 0 Å². The Morgan fingerprint density at radius 3 is 1.84 bits per heavy atom. The van der Waals surface area contributed by atoms with Crippen molar-refractivity contribution in [3.05, 3.63) is 59.7 Å². The van der Waals surface area contributed by atoms with Gasteiger partial charge in [0.05, 0.1) is 0 Å². The van der Waals surface area contributed by atoms with Crippen LogP contribution in [0.4, 0.5) is 5.69 Å². The first kappa shape index (κ1) is 24.3. The summed E-state index contributed by atoms with van der Waals surface area (Å²) in [6, 6.07) is 16.3. The minimum Gasteiger partial charge on any atom is -0.372 e. The van der Waals surface area contributed by atoms with Crippen LogP contribution in [0.1, 0.15) is 80.1 Å². The van der Waals surface area contributed by atoms with Crippen LogP contribution < -0.4 is 4.90 Å². The normalized spacial score (nSPS) is 13.6. The molecule has 1 saturated heterocycles. The summed E-state index contributed by atoms with van der Waals surface area (Å²) < 4.78 is 0. The predicted molar refractivity (Wildman–Crippen MR) is 139 cm³/mol. The summed E-state index contributed by atoms with van der Waals surface area (Å²) in [4.78, 5) is 16.5. The SMILES string of the molecule is O=C(c1ccc(SCCCCCCCCCCS)cc1)c1ccc(N2CCCC2)cc1. The van der Waals surface area contributed by atoms with Gasteiger partial charge in [0.15, 0.2) is 5.78 Å². The largest absolute Gasteiger partial charge is 0.372 e. The molecular weight excluding hydrogens is 418 g/mol. The number of hydrogen-bond acceptors (Lipinski definition) is 4. The third kappa shape index (κ3) is 8.23. The Hall–Kier alpha value is -1.39. The van der Waals surface area contributed by atoms with Gasteiger partial charge in [-0.05, 0) is 85.7 Å². The minimum absolute atomic E-state index is 0.110. The van der Waals surface area contributed by atoms with E-state index >= 15 is 0 Å². The maximum atomic E-state index is 12.8. The lowest BCUT2D eigenvalue weighted by atomic mass is 10.0. The highest BCUT2D eigenvalue weighted by Crippen LogP contribution is 2.24. The van der Waals surface area contributed by atoms with E-state index < -0.39 is 0 Å². The summed E-state index contributed by atoms with van der Waals surface area (Å²) in [7, 11) is 0. The molecule has 0 bridgehead atoms. The number of carbonyl (C=O) groups is 1. The molecule has 2 aromatic rings. The molecule has 4 heteroatoms. The van der Waals surface area contributed by atoms with Gasteiger partial charge in [-0.2, -0.15) is 12.6 Å². The van der Waals surface area contributed by atoms with Crippen molar-refractivity contribution >= 4 is 35.9 Å². The Bertz CT molecular complexity index is 767. The van der Waals surface area contributed by atoms with Gasteiger partial charge < -0.3 is 4.90 Å². The maximum Gasteiger partial charge on any atom is 0.193 e. The number of unbranched alkanes of at least 4 members (excludes halogenated alkanes) is 7. The number of anilines is 1. The molecule has 0 radical (unpaired) electrons. The molecule has 0 N–H and O–H groups in total. The molecule has 31 heavy (non-hydrogen) atoms. The number of nitrogens with zero attached hydrogens (tertiary/aromatic N) is 1. The zero-order valence-corrected chi connectivity index (χ0v) is 20.4. The van der Waals surface area contributed by atoms with Crippen LogP contribution in [0.5, 0.6) is 0 Å². The van der Waals surface area contributed by atoms with E-state index in [1.54, 1.807) is 0 Å². The molecule has 168 valence electrons. The second-order valence-corrected chi connectivity index (χ2v) is 10.1. The van der Waals surface area contributed by atoms with Gasteiger partial charge in [0.1, 0.15) is 0 Å². The molecule has 1 aliphatic rings. The molecular formula is C27H37NOS2. The zero-order valence-electron chi connectivity index (χ0n) is 18.7. The number of ketones is 1. The van der Waals surface area contributed by atoms with Crippen molar-refractivity contribution in [2.75, 3.05) is 29.5 Å².